The number of anilines is 3. The van der Waals surface area contributed by atoms with E-state index in [1.807, 2.05) is 0 Å². The number of methoxy groups -OCH3 is 1. The first kappa shape index (κ1) is 24.8. The van der Waals surface area contributed by atoms with Gasteiger partial charge in [-0.05, 0) is 30.9 Å². The van der Waals surface area contributed by atoms with Crippen LogP contribution in [0.3, 0.4) is 0 Å². The molecule has 0 radical (unpaired) electrons. The van der Waals surface area contributed by atoms with E-state index in [-0.39, 0.29) is 35.0 Å². The molecular weight excluding hydrogens is 484 g/mol. The SMILES string of the molecule is COc1c(NCCNc2ccccn2)c(C2CC2)c(NC(=O)C(F)(F)F)c2c(=O)c(C#N)c(F)[nH]c12. The average Bonchev–Trinajstić information content (AvgIpc) is 3.67. The number of hydrogen-bond donors (Lipinski definition) is 4. The van der Waals surface area contributed by atoms with Crippen molar-refractivity contribution in [1.82, 2.24) is 9.97 Å². The van der Waals surface area contributed by atoms with Crippen LogP contribution in [0.5, 0.6) is 5.75 Å². The van der Waals surface area contributed by atoms with E-state index in [9.17, 15) is 32.4 Å². The topological polar surface area (TPSA) is 132 Å². The van der Waals surface area contributed by atoms with E-state index in [0.29, 0.717) is 25.2 Å². The number of aromatic amines is 1. The molecule has 0 bridgehead atoms. The molecule has 188 valence electrons. The minimum Gasteiger partial charge on any atom is -0.492 e. The Hall–Kier alpha value is -4.34. The number of carbonyl (C=O) groups excluding carboxylic acids is 1. The van der Waals surface area contributed by atoms with Crippen molar-refractivity contribution in [2.24, 2.45) is 0 Å². The Bertz CT molecular complexity index is 1410. The fraction of sp³-hybridized carbons (Fsp3) is 0.304. The zero-order valence-electron chi connectivity index (χ0n) is 18.8. The lowest BCUT2D eigenvalue weighted by Crippen LogP contribution is -2.31. The Labute approximate surface area is 201 Å². The summed E-state index contributed by atoms with van der Waals surface area (Å²) in [5, 5.41) is 16.7. The van der Waals surface area contributed by atoms with Crippen LogP contribution in [0, 0.1) is 17.3 Å². The van der Waals surface area contributed by atoms with E-state index < -0.39 is 40.1 Å². The smallest absolute Gasteiger partial charge is 0.471 e. The molecule has 0 unspecified atom stereocenters. The monoisotopic (exact) mass is 504 g/mol. The number of fused-ring (bicyclic) bond motifs is 1. The van der Waals surface area contributed by atoms with E-state index in [0.717, 1.165) is 0 Å². The quantitative estimate of drug-likeness (QED) is 0.208. The Balaban J connectivity index is 1.87. The van der Waals surface area contributed by atoms with Crippen molar-refractivity contribution < 1.29 is 27.1 Å². The molecule has 0 saturated heterocycles. The van der Waals surface area contributed by atoms with Crippen molar-refractivity contribution in [2.75, 3.05) is 36.1 Å². The lowest BCUT2D eigenvalue weighted by Gasteiger charge is -2.23. The highest BCUT2D eigenvalue weighted by Crippen LogP contribution is 2.52. The van der Waals surface area contributed by atoms with Crippen molar-refractivity contribution in [3.8, 4) is 11.8 Å². The normalized spacial score (nSPS) is 13.2. The molecule has 1 amide bonds. The van der Waals surface area contributed by atoms with Crippen LogP contribution >= 0.6 is 0 Å². The van der Waals surface area contributed by atoms with Gasteiger partial charge in [0.2, 0.25) is 11.4 Å². The van der Waals surface area contributed by atoms with Gasteiger partial charge in [-0.2, -0.15) is 22.8 Å². The summed E-state index contributed by atoms with van der Waals surface area (Å²) in [4.78, 5) is 31.3. The van der Waals surface area contributed by atoms with E-state index in [2.05, 4.69) is 20.6 Å². The number of nitrogens with one attached hydrogen (secondary N) is 4. The Morgan fingerprint density at radius 1 is 1.25 bits per heavy atom. The molecule has 0 aliphatic heterocycles. The van der Waals surface area contributed by atoms with Crippen molar-refractivity contribution in [1.29, 1.82) is 5.26 Å². The summed E-state index contributed by atoms with van der Waals surface area (Å²) in [6, 6.07) is 6.70. The molecule has 1 aliphatic rings. The molecule has 1 fully saturated rings. The third-order valence-electron chi connectivity index (χ3n) is 5.60. The van der Waals surface area contributed by atoms with Gasteiger partial charge in [0.05, 0.1) is 29.4 Å². The summed E-state index contributed by atoms with van der Waals surface area (Å²) in [6.07, 6.45) is -2.50. The summed E-state index contributed by atoms with van der Waals surface area (Å²) in [5.41, 5.74) is -2.39. The lowest BCUT2D eigenvalue weighted by molar-refractivity contribution is -0.167. The van der Waals surface area contributed by atoms with Crippen molar-refractivity contribution in [2.45, 2.75) is 24.9 Å². The molecule has 2 aromatic heterocycles. The van der Waals surface area contributed by atoms with Crippen LogP contribution in [-0.4, -0.2) is 42.3 Å². The number of carbonyl (C=O) groups is 1. The number of nitrogens with zero attached hydrogens (tertiary/aromatic N) is 2. The third-order valence-corrected chi connectivity index (χ3v) is 5.60. The number of pyridine rings is 2. The number of alkyl halides is 3. The number of aromatic nitrogens is 2. The number of hydrogen-bond acceptors (Lipinski definition) is 7. The van der Waals surface area contributed by atoms with Crippen LogP contribution in [0.1, 0.15) is 29.9 Å². The van der Waals surface area contributed by atoms with Gasteiger partial charge in [-0.25, -0.2) is 4.98 Å². The van der Waals surface area contributed by atoms with Gasteiger partial charge in [0.25, 0.3) is 0 Å². The standard InChI is InChI=1S/C23H20F4N6O3/c1-36-20-17(31-9-8-30-13-4-2-3-7-29-13)14(11-5-6-11)16(33-22(35)23(25,26)27)15-18(20)32-21(24)12(10-28)19(15)34/h2-4,7,11,31H,5-6,8-9H2,1H3,(H,29,30)(H,32,34)(H,33,35). The van der Waals surface area contributed by atoms with E-state index in [1.165, 1.54) is 13.2 Å². The highest BCUT2D eigenvalue weighted by molar-refractivity contribution is 6.09. The van der Waals surface area contributed by atoms with Crippen molar-refractivity contribution in [3.05, 3.63) is 51.7 Å². The van der Waals surface area contributed by atoms with Gasteiger partial charge in [0.15, 0.2) is 11.3 Å². The van der Waals surface area contributed by atoms with Gasteiger partial charge >= 0.3 is 12.1 Å². The van der Waals surface area contributed by atoms with Gasteiger partial charge in [-0.3, -0.25) is 9.59 Å². The molecular formula is C23H20F4N6O3. The molecule has 1 saturated carbocycles. The van der Waals surface area contributed by atoms with Crippen molar-refractivity contribution >= 4 is 34.0 Å². The molecule has 36 heavy (non-hydrogen) atoms. The number of nitriles is 1. The Morgan fingerprint density at radius 3 is 2.56 bits per heavy atom. The number of amides is 1. The molecule has 1 aliphatic carbocycles. The number of halogens is 4. The molecule has 0 atom stereocenters. The Kier molecular flexibility index (Phi) is 6.69. The zero-order chi connectivity index (χ0) is 26.0. The van der Waals surface area contributed by atoms with Crippen LogP contribution in [0.2, 0.25) is 0 Å². The summed E-state index contributed by atoms with van der Waals surface area (Å²) < 4.78 is 59.5. The maximum Gasteiger partial charge on any atom is 0.471 e. The first-order valence-corrected chi connectivity index (χ1v) is 10.8. The van der Waals surface area contributed by atoms with Gasteiger partial charge < -0.3 is 25.7 Å². The van der Waals surface area contributed by atoms with Gasteiger partial charge in [-0.15, -0.1) is 0 Å². The second kappa shape index (κ2) is 9.73. The maximum atomic E-state index is 14.5. The number of ether oxygens (including phenoxy) is 1. The third kappa shape index (κ3) is 4.74. The second-order valence-electron chi connectivity index (χ2n) is 8.00. The highest BCUT2D eigenvalue weighted by atomic mass is 19.4. The Morgan fingerprint density at radius 2 is 1.97 bits per heavy atom. The van der Waals surface area contributed by atoms with Crippen LogP contribution < -0.4 is 26.1 Å². The molecule has 13 heteroatoms. The molecule has 9 nitrogen and oxygen atoms in total. The molecule has 3 aromatic rings. The average molecular weight is 504 g/mol. The van der Waals surface area contributed by atoms with Crippen LogP contribution in [0.25, 0.3) is 10.9 Å². The molecule has 4 rings (SSSR count). The van der Waals surface area contributed by atoms with E-state index in [4.69, 9.17) is 4.74 Å². The molecule has 4 N–H and O–H groups in total. The molecule has 2 heterocycles. The number of benzene rings is 1. The lowest BCUT2D eigenvalue weighted by atomic mass is 9.98. The summed E-state index contributed by atoms with van der Waals surface area (Å²) in [7, 11) is 1.26. The first-order valence-electron chi connectivity index (χ1n) is 10.8. The summed E-state index contributed by atoms with van der Waals surface area (Å²) in [5.74, 6) is -3.31. The molecule has 1 aromatic carbocycles. The zero-order valence-corrected chi connectivity index (χ0v) is 18.8. The number of H-pyrrole nitrogens is 1. The van der Waals surface area contributed by atoms with Crippen LogP contribution in [0.4, 0.5) is 34.8 Å². The van der Waals surface area contributed by atoms with Gasteiger partial charge in [0, 0.05) is 24.8 Å². The minimum absolute atomic E-state index is 0.0322. The maximum absolute atomic E-state index is 14.5. The first-order chi connectivity index (χ1) is 17.2. The summed E-state index contributed by atoms with van der Waals surface area (Å²) in [6.45, 7) is 0.568. The predicted octanol–water partition coefficient (Wildman–Crippen LogP) is 3.84. The van der Waals surface area contributed by atoms with E-state index >= 15 is 0 Å². The van der Waals surface area contributed by atoms with Crippen LogP contribution in [0.15, 0.2) is 29.2 Å². The fourth-order valence-electron chi connectivity index (χ4n) is 3.91. The predicted molar refractivity (Wildman–Crippen MR) is 124 cm³/mol. The largest absolute Gasteiger partial charge is 0.492 e. The summed E-state index contributed by atoms with van der Waals surface area (Å²) >= 11 is 0. The molecule has 0 spiro atoms. The van der Waals surface area contributed by atoms with Gasteiger partial charge in [0.1, 0.15) is 11.9 Å². The number of rotatable bonds is 8. The van der Waals surface area contributed by atoms with Crippen molar-refractivity contribution in [3.63, 3.8) is 0 Å². The minimum atomic E-state index is -5.25. The fourth-order valence-corrected chi connectivity index (χ4v) is 3.91. The highest BCUT2D eigenvalue weighted by Gasteiger charge is 2.41. The van der Waals surface area contributed by atoms with E-state index in [1.54, 1.807) is 29.7 Å². The van der Waals surface area contributed by atoms with Gasteiger partial charge in [-0.1, -0.05) is 6.07 Å². The second-order valence-corrected chi connectivity index (χ2v) is 8.00. The van der Waals surface area contributed by atoms with Crippen LogP contribution in [-0.2, 0) is 4.79 Å².